The van der Waals surface area contributed by atoms with Crippen molar-refractivity contribution in [2.45, 2.75) is 0 Å². The molecule has 0 saturated heterocycles. The van der Waals surface area contributed by atoms with Gasteiger partial charge in [0.25, 0.3) is 0 Å². The van der Waals surface area contributed by atoms with Crippen LogP contribution in [0.4, 0.5) is 0 Å². The van der Waals surface area contributed by atoms with Crippen molar-refractivity contribution in [1.82, 2.24) is 15.5 Å². The highest BCUT2D eigenvalue weighted by molar-refractivity contribution is 9.10. The molecule has 0 radical (unpaired) electrons. The Morgan fingerprint density at radius 2 is 2.28 bits per heavy atom. The van der Waals surface area contributed by atoms with Gasteiger partial charge in [-0.2, -0.15) is 0 Å². The van der Waals surface area contributed by atoms with Gasteiger partial charge in [-0.3, -0.25) is 4.79 Å². The van der Waals surface area contributed by atoms with Crippen LogP contribution in [0.25, 0.3) is 11.5 Å². The molecule has 0 aliphatic rings. The highest BCUT2D eigenvalue weighted by Crippen LogP contribution is 2.21. The minimum Gasteiger partial charge on any atom is -0.412 e. The normalized spacial score (nSPS) is 10.3. The van der Waals surface area contributed by atoms with Crippen molar-refractivity contribution in [3.8, 4) is 11.5 Å². The number of aliphatic hydroxyl groups excluding tert-OH is 1. The Morgan fingerprint density at radius 3 is 3.00 bits per heavy atom. The third-order valence-corrected chi connectivity index (χ3v) is 2.58. The van der Waals surface area contributed by atoms with Gasteiger partial charge in [0.2, 0.25) is 5.89 Å². The zero-order valence-corrected chi connectivity index (χ0v) is 10.8. The molecular formula is C11H10BrN3O3. The van der Waals surface area contributed by atoms with Crippen molar-refractivity contribution in [2.24, 2.45) is 0 Å². The summed E-state index contributed by atoms with van der Waals surface area (Å²) in [5.74, 6) is -0.360. The number of halogens is 1. The molecule has 1 aromatic carbocycles. The average molecular weight is 312 g/mol. The lowest BCUT2D eigenvalue weighted by Gasteiger charge is -1.97. The second-order valence-electron chi connectivity index (χ2n) is 3.40. The molecule has 1 amide bonds. The molecule has 2 rings (SSSR count). The second-order valence-corrected chi connectivity index (χ2v) is 4.32. The molecule has 0 unspecified atom stereocenters. The first-order chi connectivity index (χ1) is 8.70. The number of nitrogens with one attached hydrogen (secondary N) is 1. The Bertz CT molecular complexity index is 556. The zero-order chi connectivity index (χ0) is 13.0. The van der Waals surface area contributed by atoms with Crippen molar-refractivity contribution in [3.63, 3.8) is 0 Å². The summed E-state index contributed by atoms with van der Waals surface area (Å²) >= 11 is 3.33. The summed E-state index contributed by atoms with van der Waals surface area (Å²) in [6.07, 6.45) is 0. The molecule has 2 aromatic rings. The SMILES string of the molecule is O=C(NCCO)c1nnc(-c2cccc(Br)c2)o1. The van der Waals surface area contributed by atoms with E-state index in [-0.39, 0.29) is 24.9 Å². The molecule has 0 fully saturated rings. The molecule has 2 N–H and O–H groups in total. The minimum atomic E-state index is -0.502. The first-order valence-electron chi connectivity index (χ1n) is 5.19. The summed E-state index contributed by atoms with van der Waals surface area (Å²) < 4.78 is 6.13. The zero-order valence-electron chi connectivity index (χ0n) is 9.26. The van der Waals surface area contributed by atoms with E-state index in [1.807, 2.05) is 18.2 Å². The predicted molar refractivity (Wildman–Crippen MR) is 66.9 cm³/mol. The number of nitrogens with zero attached hydrogens (tertiary/aromatic N) is 2. The molecular weight excluding hydrogens is 302 g/mol. The van der Waals surface area contributed by atoms with Gasteiger partial charge in [-0.25, -0.2) is 0 Å². The number of aliphatic hydroxyl groups is 1. The van der Waals surface area contributed by atoms with Crippen LogP contribution in [0.3, 0.4) is 0 Å². The van der Waals surface area contributed by atoms with Gasteiger partial charge < -0.3 is 14.8 Å². The average Bonchev–Trinajstić information content (AvgIpc) is 2.85. The molecule has 0 saturated carbocycles. The van der Waals surface area contributed by atoms with Gasteiger partial charge in [-0.05, 0) is 18.2 Å². The standard InChI is InChI=1S/C11H10BrN3O3/c12-8-3-1-2-7(6-8)10-14-15-11(18-10)9(17)13-4-5-16/h1-3,6,16H,4-5H2,(H,13,17). The van der Waals surface area contributed by atoms with Crippen LogP contribution >= 0.6 is 15.9 Å². The Labute approximate surface area is 111 Å². The molecule has 18 heavy (non-hydrogen) atoms. The Kier molecular flexibility index (Phi) is 4.06. The van der Waals surface area contributed by atoms with Gasteiger partial charge in [-0.15, -0.1) is 10.2 Å². The summed E-state index contributed by atoms with van der Waals surface area (Å²) in [4.78, 5) is 11.5. The number of benzene rings is 1. The van der Waals surface area contributed by atoms with Crippen molar-refractivity contribution in [3.05, 3.63) is 34.6 Å². The maximum Gasteiger partial charge on any atom is 0.308 e. The van der Waals surface area contributed by atoms with Gasteiger partial charge in [0.05, 0.1) is 6.61 Å². The molecule has 0 aliphatic carbocycles. The Morgan fingerprint density at radius 1 is 1.44 bits per heavy atom. The van der Waals surface area contributed by atoms with Gasteiger partial charge in [-0.1, -0.05) is 22.0 Å². The van der Waals surface area contributed by atoms with E-state index < -0.39 is 5.91 Å². The number of carbonyl (C=O) groups is 1. The topological polar surface area (TPSA) is 88.2 Å². The molecule has 0 spiro atoms. The highest BCUT2D eigenvalue weighted by atomic mass is 79.9. The van der Waals surface area contributed by atoms with Crippen LogP contribution in [-0.4, -0.2) is 34.4 Å². The van der Waals surface area contributed by atoms with Crippen molar-refractivity contribution in [1.29, 1.82) is 0 Å². The van der Waals surface area contributed by atoms with Crippen LogP contribution in [0.1, 0.15) is 10.7 Å². The first-order valence-corrected chi connectivity index (χ1v) is 5.98. The predicted octanol–water partition coefficient (Wildman–Crippen LogP) is 1.22. The smallest absolute Gasteiger partial charge is 0.308 e. The lowest BCUT2D eigenvalue weighted by molar-refractivity contribution is 0.0911. The highest BCUT2D eigenvalue weighted by Gasteiger charge is 2.15. The third kappa shape index (κ3) is 2.93. The molecule has 0 bridgehead atoms. The second kappa shape index (κ2) is 5.74. The molecule has 94 valence electrons. The Balaban J connectivity index is 2.17. The Hall–Kier alpha value is -1.73. The largest absolute Gasteiger partial charge is 0.412 e. The van der Waals surface area contributed by atoms with E-state index in [4.69, 9.17) is 9.52 Å². The van der Waals surface area contributed by atoms with Crippen molar-refractivity contribution >= 4 is 21.8 Å². The lowest BCUT2D eigenvalue weighted by atomic mass is 10.2. The molecule has 0 atom stereocenters. The first kappa shape index (κ1) is 12.7. The summed E-state index contributed by atoms with van der Waals surface area (Å²) in [7, 11) is 0. The van der Waals surface area contributed by atoms with Gasteiger partial charge in [0.1, 0.15) is 0 Å². The van der Waals surface area contributed by atoms with E-state index in [0.29, 0.717) is 0 Å². The molecule has 1 heterocycles. The fourth-order valence-electron chi connectivity index (χ4n) is 1.30. The van der Waals surface area contributed by atoms with Gasteiger partial charge in [0, 0.05) is 16.6 Å². The summed E-state index contributed by atoms with van der Waals surface area (Å²) in [5, 5.41) is 18.5. The van der Waals surface area contributed by atoms with Crippen LogP contribution in [0.15, 0.2) is 33.2 Å². The van der Waals surface area contributed by atoms with Gasteiger partial charge >= 0.3 is 11.8 Å². The van der Waals surface area contributed by atoms with Crippen LogP contribution in [0.5, 0.6) is 0 Å². The maximum atomic E-state index is 11.5. The van der Waals surface area contributed by atoms with E-state index in [2.05, 4.69) is 31.4 Å². The quantitative estimate of drug-likeness (QED) is 0.886. The van der Waals surface area contributed by atoms with E-state index in [0.717, 1.165) is 10.0 Å². The van der Waals surface area contributed by atoms with E-state index in [1.165, 1.54) is 0 Å². The van der Waals surface area contributed by atoms with Crippen LogP contribution in [0, 0.1) is 0 Å². The number of hydrogen-bond donors (Lipinski definition) is 2. The van der Waals surface area contributed by atoms with E-state index in [1.54, 1.807) is 6.07 Å². The number of rotatable bonds is 4. The van der Waals surface area contributed by atoms with Crippen LogP contribution < -0.4 is 5.32 Å². The maximum absolute atomic E-state index is 11.5. The summed E-state index contributed by atoms with van der Waals surface area (Å²) in [6.45, 7) is 0.00575. The number of amides is 1. The number of aromatic nitrogens is 2. The fourth-order valence-corrected chi connectivity index (χ4v) is 1.70. The molecule has 7 heteroatoms. The third-order valence-electron chi connectivity index (χ3n) is 2.09. The van der Waals surface area contributed by atoms with Crippen LogP contribution in [-0.2, 0) is 0 Å². The minimum absolute atomic E-state index is 0.126. The molecule has 6 nitrogen and oxygen atoms in total. The monoisotopic (exact) mass is 311 g/mol. The molecule has 1 aromatic heterocycles. The van der Waals surface area contributed by atoms with E-state index in [9.17, 15) is 4.79 Å². The summed E-state index contributed by atoms with van der Waals surface area (Å²) in [6, 6.07) is 7.31. The number of hydrogen-bond acceptors (Lipinski definition) is 5. The fraction of sp³-hybridized carbons (Fsp3) is 0.182. The molecule has 0 aliphatic heterocycles. The summed E-state index contributed by atoms with van der Waals surface area (Å²) in [5.41, 5.74) is 0.720. The lowest BCUT2D eigenvalue weighted by Crippen LogP contribution is -2.26. The van der Waals surface area contributed by atoms with Crippen LogP contribution in [0.2, 0.25) is 0 Å². The van der Waals surface area contributed by atoms with Crippen molar-refractivity contribution in [2.75, 3.05) is 13.2 Å². The van der Waals surface area contributed by atoms with Crippen molar-refractivity contribution < 1.29 is 14.3 Å². The van der Waals surface area contributed by atoms with E-state index >= 15 is 0 Å². The number of carbonyl (C=O) groups excluding carboxylic acids is 1. The van der Waals surface area contributed by atoms with Gasteiger partial charge in [0.15, 0.2) is 0 Å².